The molecule has 1 atom stereocenters. The quantitative estimate of drug-likeness (QED) is 0.584. The second-order valence-corrected chi connectivity index (χ2v) is 8.36. The van der Waals surface area contributed by atoms with E-state index in [4.69, 9.17) is 9.47 Å². The standard InChI is InChI=1S/C25H25N5O3/c1-15-21-12-28-24(30-25(31)16-3-4-16)10-20(21)17(11-26-15)5-6-18-9-23(32-2)22(13-27-18)29-19-7-8-33-14-19/h9-13,16,19,29H,3-4,7-8,14H2,1-2H3,(H,28,30,31)/t19-/m1/s1. The number of fused-ring (bicyclic) bond motifs is 1. The van der Waals surface area contributed by atoms with Crippen LogP contribution >= 0.6 is 0 Å². The van der Waals surface area contributed by atoms with Crippen LogP contribution in [0, 0.1) is 24.7 Å². The van der Waals surface area contributed by atoms with Crippen LogP contribution in [0.25, 0.3) is 10.8 Å². The van der Waals surface area contributed by atoms with Gasteiger partial charge in [-0.3, -0.25) is 9.78 Å². The van der Waals surface area contributed by atoms with Gasteiger partial charge in [0.25, 0.3) is 0 Å². The molecule has 3 aromatic rings. The minimum atomic E-state index is 0.0226. The molecule has 168 valence electrons. The van der Waals surface area contributed by atoms with Crippen molar-refractivity contribution in [3.05, 3.63) is 47.7 Å². The van der Waals surface area contributed by atoms with Gasteiger partial charge in [-0.2, -0.15) is 0 Å². The predicted molar refractivity (Wildman–Crippen MR) is 125 cm³/mol. The predicted octanol–water partition coefficient (Wildman–Crippen LogP) is 3.29. The van der Waals surface area contributed by atoms with Crippen LogP contribution in [0.3, 0.4) is 0 Å². The van der Waals surface area contributed by atoms with Gasteiger partial charge < -0.3 is 20.1 Å². The number of methoxy groups -OCH3 is 1. The number of aromatic nitrogens is 3. The summed E-state index contributed by atoms with van der Waals surface area (Å²) in [6.45, 7) is 3.37. The van der Waals surface area contributed by atoms with E-state index in [1.165, 1.54) is 0 Å². The van der Waals surface area contributed by atoms with Gasteiger partial charge in [-0.25, -0.2) is 9.97 Å². The molecule has 1 saturated heterocycles. The second-order valence-electron chi connectivity index (χ2n) is 8.36. The first-order chi connectivity index (χ1) is 16.1. The summed E-state index contributed by atoms with van der Waals surface area (Å²) >= 11 is 0. The van der Waals surface area contributed by atoms with Crippen LogP contribution < -0.4 is 15.4 Å². The molecule has 1 amide bonds. The lowest BCUT2D eigenvalue weighted by atomic mass is 10.1. The molecule has 33 heavy (non-hydrogen) atoms. The lowest BCUT2D eigenvalue weighted by molar-refractivity contribution is -0.117. The van der Waals surface area contributed by atoms with Gasteiger partial charge in [-0.1, -0.05) is 5.92 Å². The van der Waals surface area contributed by atoms with Crippen molar-refractivity contribution in [3.8, 4) is 17.6 Å². The van der Waals surface area contributed by atoms with Crippen molar-refractivity contribution in [1.82, 2.24) is 15.0 Å². The number of rotatable bonds is 5. The number of carbonyl (C=O) groups is 1. The first-order valence-corrected chi connectivity index (χ1v) is 11.1. The molecule has 3 aromatic heterocycles. The molecule has 2 aliphatic rings. The van der Waals surface area contributed by atoms with Crippen molar-refractivity contribution < 1.29 is 14.3 Å². The van der Waals surface area contributed by atoms with E-state index in [0.717, 1.165) is 53.6 Å². The Morgan fingerprint density at radius 3 is 2.73 bits per heavy atom. The number of nitrogens with one attached hydrogen (secondary N) is 2. The molecule has 4 heterocycles. The van der Waals surface area contributed by atoms with Crippen molar-refractivity contribution in [2.24, 2.45) is 5.92 Å². The van der Waals surface area contributed by atoms with Gasteiger partial charge >= 0.3 is 0 Å². The molecule has 0 aromatic carbocycles. The number of amides is 1. The fraction of sp³-hybridized carbons (Fsp3) is 0.360. The highest BCUT2D eigenvalue weighted by molar-refractivity contribution is 5.96. The Bertz CT molecular complexity index is 1270. The molecule has 1 aliphatic carbocycles. The summed E-state index contributed by atoms with van der Waals surface area (Å²) in [4.78, 5) is 25.5. The number of nitrogens with zero attached hydrogens (tertiary/aromatic N) is 3. The molecule has 8 heteroatoms. The van der Waals surface area contributed by atoms with Crippen LogP contribution in [0.2, 0.25) is 0 Å². The van der Waals surface area contributed by atoms with Gasteiger partial charge in [0.1, 0.15) is 17.3 Å². The maximum absolute atomic E-state index is 12.1. The first-order valence-electron chi connectivity index (χ1n) is 11.1. The average molecular weight is 444 g/mol. The van der Waals surface area contributed by atoms with E-state index < -0.39 is 0 Å². The first kappa shape index (κ1) is 21.2. The molecular formula is C25H25N5O3. The van der Waals surface area contributed by atoms with Crippen LogP contribution in [0.5, 0.6) is 5.75 Å². The number of carbonyl (C=O) groups excluding carboxylic acids is 1. The Morgan fingerprint density at radius 1 is 1.09 bits per heavy atom. The minimum Gasteiger partial charge on any atom is -0.494 e. The van der Waals surface area contributed by atoms with Crippen LogP contribution in [-0.2, 0) is 9.53 Å². The van der Waals surface area contributed by atoms with E-state index in [1.807, 2.05) is 19.1 Å². The molecule has 1 saturated carbocycles. The highest BCUT2D eigenvalue weighted by Gasteiger charge is 2.29. The summed E-state index contributed by atoms with van der Waals surface area (Å²) in [5.41, 5.74) is 3.01. The molecule has 2 fully saturated rings. The topological polar surface area (TPSA) is 98.3 Å². The van der Waals surface area contributed by atoms with Crippen LogP contribution in [0.4, 0.5) is 11.5 Å². The van der Waals surface area contributed by atoms with Crippen LogP contribution in [0.15, 0.2) is 30.7 Å². The average Bonchev–Trinajstić information content (AvgIpc) is 3.56. The second kappa shape index (κ2) is 9.04. The maximum Gasteiger partial charge on any atom is 0.228 e. The van der Waals surface area contributed by atoms with Crippen molar-refractivity contribution in [2.75, 3.05) is 31.0 Å². The third kappa shape index (κ3) is 4.73. The molecule has 0 radical (unpaired) electrons. The SMILES string of the molecule is COc1cc(C#Cc2cnc(C)c3cnc(NC(=O)C4CC4)cc23)ncc1N[C@@H]1CCOC1. The van der Waals surface area contributed by atoms with Crippen molar-refractivity contribution in [2.45, 2.75) is 32.2 Å². The lowest BCUT2D eigenvalue weighted by Gasteiger charge is -2.15. The summed E-state index contributed by atoms with van der Waals surface area (Å²) in [5.74, 6) is 7.64. The fourth-order valence-electron chi connectivity index (χ4n) is 3.79. The summed E-state index contributed by atoms with van der Waals surface area (Å²) < 4.78 is 11.0. The number of aryl methyl sites for hydroxylation is 1. The molecular weight excluding hydrogens is 418 g/mol. The van der Waals surface area contributed by atoms with E-state index in [0.29, 0.717) is 23.9 Å². The van der Waals surface area contributed by atoms with E-state index in [1.54, 1.807) is 25.7 Å². The molecule has 0 unspecified atom stereocenters. The van der Waals surface area contributed by atoms with Gasteiger partial charge in [0.05, 0.1) is 37.2 Å². The van der Waals surface area contributed by atoms with E-state index in [-0.39, 0.29) is 17.9 Å². The number of ether oxygens (including phenoxy) is 2. The van der Waals surface area contributed by atoms with Crippen molar-refractivity contribution in [3.63, 3.8) is 0 Å². The van der Waals surface area contributed by atoms with Crippen LogP contribution in [-0.4, -0.2) is 47.2 Å². The van der Waals surface area contributed by atoms with Gasteiger partial charge in [-0.15, -0.1) is 0 Å². The van der Waals surface area contributed by atoms with Gasteiger partial charge in [0.2, 0.25) is 5.91 Å². The highest BCUT2D eigenvalue weighted by atomic mass is 16.5. The Morgan fingerprint density at radius 2 is 1.97 bits per heavy atom. The Balaban J connectivity index is 1.43. The van der Waals surface area contributed by atoms with Gasteiger partial charge in [0, 0.05) is 47.5 Å². The number of hydrogen-bond acceptors (Lipinski definition) is 7. The van der Waals surface area contributed by atoms with E-state index in [9.17, 15) is 4.79 Å². The Hall–Kier alpha value is -3.70. The van der Waals surface area contributed by atoms with E-state index in [2.05, 4.69) is 37.4 Å². The summed E-state index contributed by atoms with van der Waals surface area (Å²) in [6.07, 6.45) is 8.05. The zero-order valence-electron chi connectivity index (χ0n) is 18.6. The Labute approximate surface area is 192 Å². The van der Waals surface area contributed by atoms with E-state index >= 15 is 0 Å². The van der Waals surface area contributed by atoms with Crippen molar-refractivity contribution >= 4 is 28.2 Å². The largest absolute Gasteiger partial charge is 0.494 e. The van der Waals surface area contributed by atoms with Gasteiger partial charge in [0.15, 0.2) is 0 Å². The number of hydrogen-bond donors (Lipinski definition) is 2. The molecule has 5 rings (SSSR count). The number of pyridine rings is 3. The normalized spacial score (nSPS) is 17.3. The summed E-state index contributed by atoms with van der Waals surface area (Å²) in [7, 11) is 1.63. The number of anilines is 2. The minimum absolute atomic E-state index is 0.0226. The molecule has 2 N–H and O–H groups in total. The molecule has 0 spiro atoms. The Kier molecular flexibility index (Phi) is 5.80. The smallest absolute Gasteiger partial charge is 0.228 e. The monoisotopic (exact) mass is 443 g/mol. The fourth-order valence-corrected chi connectivity index (χ4v) is 3.79. The highest BCUT2D eigenvalue weighted by Crippen LogP contribution is 2.31. The summed E-state index contributed by atoms with van der Waals surface area (Å²) in [6, 6.07) is 3.93. The zero-order chi connectivity index (χ0) is 22.8. The summed E-state index contributed by atoms with van der Waals surface area (Å²) in [5, 5.41) is 8.11. The molecule has 8 nitrogen and oxygen atoms in total. The third-order valence-corrected chi connectivity index (χ3v) is 5.87. The lowest BCUT2D eigenvalue weighted by Crippen LogP contribution is -2.19. The maximum atomic E-state index is 12.1. The molecule has 0 bridgehead atoms. The van der Waals surface area contributed by atoms with Gasteiger partial charge in [-0.05, 0) is 38.2 Å². The van der Waals surface area contributed by atoms with Crippen molar-refractivity contribution in [1.29, 1.82) is 0 Å². The third-order valence-electron chi connectivity index (χ3n) is 5.87. The zero-order valence-corrected chi connectivity index (χ0v) is 18.6. The molecule has 1 aliphatic heterocycles. The van der Waals surface area contributed by atoms with Crippen LogP contribution in [0.1, 0.15) is 36.2 Å².